The zero-order chi connectivity index (χ0) is 21.7. The Kier molecular flexibility index (Phi) is 6.89. The van der Waals surface area contributed by atoms with E-state index in [4.69, 9.17) is 0 Å². The van der Waals surface area contributed by atoms with E-state index >= 15 is 0 Å². The van der Waals surface area contributed by atoms with Crippen molar-refractivity contribution in [3.63, 3.8) is 0 Å². The molecule has 0 heterocycles. The second-order valence-corrected chi connectivity index (χ2v) is 9.02. The average molecular weight is 417 g/mol. The second kappa shape index (κ2) is 8.97. The first-order valence-corrected chi connectivity index (χ1v) is 10.3. The Hall–Kier alpha value is -3.04. The molecule has 9 heteroatoms. The van der Waals surface area contributed by atoms with Crippen LogP contribution in [0, 0.1) is 10.1 Å². The fourth-order valence-corrected chi connectivity index (χ4v) is 4.18. The summed E-state index contributed by atoms with van der Waals surface area (Å²) in [6, 6.07) is 12.3. The number of nitrogens with zero attached hydrogens (tertiary/aromatic N) is 1. The normalized spacial score (nSPS) is 12.1. The first-order chi connectivity index (χ1) is 13.5. The molecule has 8 nitrogen and oxygen atoms in total. The number of nitrogens with one attached hydrogen (secondary N) is 2. The van der Waals surface area contributed by atoms with Crippen molar-refractivity contribution in [2.24, 2.45) is 0 Å². The highest BCUT2D eigenvalue weighted by molar-refractivity contribution is 7.89. The van der Waals surface area contributed by atoms with Crippen LogP contribution in [-0.2, 0) is 21.4 Å². The van der Waals surface area contributed by atoms with Crippen LogP contribution in [0.15, 0.2) is 59.5 Å². The largest absolute Gasteiger partial charge is 0.348 e. The fraction of sp³-hybridized carbons (Fsp3) is 0.250. The predicted molar refractivity (Wildman–Crippen MR) is 110 cm³/mol. The van der Waals surface area contributed by atoms with Crippen molar-refractivity contribution in [3.8, 4) is 0 Å². The van der Waals surface area contributed by atoms with E-state index in [2.05, 4.69) is 10.0 Å². The maximum Gasteiger partial charge on any atom is 0.270 e. The first-order valence-electron chi connectivity index (χ1n) is 8.80. The Morgan fingerprint density at radius 1 is 1.14 bits per heavy atom. The summed E-state index contributed by atoms with van der Waals surface area (Å²) < 4.78 is 27.8. The summed E-state index contributed by atoms with van der Waals surface area (Å²) in [5.41, 5.74) is 0.238. The predicted octanol–water partition coefficient (Wildman–Crippen LogP) is 3.00. The third kappa shape index (κ3) is 6.81. The highest BCUT2D eigenvalue weighted by Gasteiger charge is 2.24. The summed E-state index contributed by atoms with van der Waals surface area (Å²) >= 11 is 0. The molecule has 0 spiro atoms. The Balaban J connectivity index is 2.10. The second-order valence-electron chi connectivity index (χ2n) is 7.37. The van der Waals surface area contributed by atoms with E-state index in [9.17, 15) is 23.3 Å². The van der Waals surface area contributed by atoms with Crippen LogP contribution in [0.3, 0.4) is 0 Å². The summed E-state index contributed by atoms with van der Waals surface area (Å²) in [6.45, 7) is 5.24. The van der Waals surface area contributed by atoms with Gasteiger partial charge in [-0.1, -0.05) is 30.3 Å². The fourth-order valence-electron chi connectivity index (χ4n) is 2.53. The lowest BCUT2D eigenvalue weighted by Crippen LogP contribution is -2.41. The maximum atomic E-state index is 12.6. The van der Waals surface area contributed by atoms with Crippen LogP contribution in [0.25, 0.3) is 6.08 Å². The van der Waals surface area contributed by atoms with Gasteiger partial charge in [0.15, 0.2) is 0 Å². The van der Waals surface area contributed by atoms with E-state index in [1.165, 1.54) is 36.4 Å². The molecular weight excluding hydrogens is 394 g/mol. The molecule has 154 valence electrons. The lowest BCUT2D eigenvalue weighted by molar-refractivity contribution is -0.384. The molecule has 0 aliphatic carbocycles. The number of hydrogen-bond donors (Lipinski definition) is 2. The van der Waals surface area contributed by atoms with Crippen molar-refractivity contribution in [1.29, 1.82) is 0 Å². The van der Waals surface area contributed by atoms with Crippen LogP contribution < -0.4 is 10.0 Å². The van der Waals surface area contributed by atoms with Crippen LogP contribution in [0.1, 0.15) is 31.9 Å². The van der Waals surface area contributed by atoms with Crippen molar-refractivity contribution < 1.29 is 18.1 Å². The van der Waals surface area contributed by atoms with Gasteiger partial charge in [0, 0.05) is 30.3 Å². The molecule has 0 radical (unpaired) electrons. The standard InChI is InChI=1S/C20H23N3O5S/c1-20(2,3)22-29(27,28)18-10-5-4-8-16(18)14-21-19(24)12-11-15-7-6-9-17(13-15)23(25)26/h4-13,22H,14H2,1-3H3,(H,21,24)/b12-11+. The van der Waals surface area contributed by atoms with E-state index in [-0.39, 0.29) is 17.1 Å². The van der Waals surface area contributed by atoms with E-state index < -0.39 is 26.4 Å². The zero-order valence-electron chi connectivity index (χ0n) is 16.4. The highest BCUT2D eigenvalue weighted by atomic mass is 32.2. The van der Waals surface area contributed by atoms with Gasteiger partial charge in [-0.3, -0.25) is 14.9 Å². The number of nitro groups is 1. The number of hydrogen-bond acceptors (Lipinski definition) is 5. The number of rotatable bonds is 7. The average Bonchev–Trinajstić information content (AvgIpc) is 2.63. The van der Waals surface area contributed by atoms with E-state index in [1.54, 1.807) is 45.0 Å². The van der Waals surface area contributed by atoms with Gasteiger partial charge in [0.1, 0.15) is 0 Å². The van der Waals surface area contributed by atoms with Crippen molar-refractivity contribution in [2.75, 3.05) is 0 Å². The molecule has 0 bridgehead atoms. The van der Waals surface area contributed by atoms with Gasteiger partial charge in [-0.2, -0.15) is 0 Å². The minimum atomic E-state index is -3.75. The summed E-state index contributed by atoms with van der Waals surface area (Å²) in [5, 5.41) is 13.4. The third-order valence-electron chi connectivity index (χ3n) is 3.66. The smallest absolute Gasteiger partial charge is 0.270 e. The van der Waals surface area contributed by atoms with Crippen molar-refractivity contribution in [3.05, 3.63) is 75.8 Å². The van der Waals surface area contributed by atoms with Crippen molar-refractivity contribution in [1.82, 2.24) is 10.0 Å². The van der Waals surface area contributed by atoms with Crippen LogP contribution in [-0.4, -0.2) is 24.8 Å². The van der Waals surface area contributed by atoms with E-state index in [1.807, 2.05) is 0 Å². The SMILES string of the molecule is CC(C)(C)NS(=O)(=O)c1ccccc1CNC(=O)/C=C/c1cccc([N+](=O)[O-])c1. The topological polar surface area (TPSA) is 118 Å². The van der Waals surface area contributed by atoms with Gasteiger partial charge in [-0.15, -0.1) is 0 Å². The summed E-state index contributed by atoms with van der Waals surface area (Å²) in [5.74, 6) is -0.451. The number of carbonyl (C=O) groups is 1. The summed E-state index contributed by atoms with van der Waals surface area (Å²) in [6.07, 6.45) is 2.69. The van der Waals surface area contributed by atoms with E-state index in [0.29, 0.717) is 11.1 Å². The molecule has 0 aliphatic heterocycles. The molecular formula is C20H23N3O5S. The highest BCUT2D eigenvalue weighted by Crippen LogP contribution is 2.18. The van der Waals surface area contributed by atoms with Gasteiger partial charge >= 0.3 is 0 Å². The minimum absolute atomic E-state index is 0.0132. The number of benzene rings is 2. The Labute approximate surface area is 169 Å². The van der Waals surface area contributed by atoms with Gasteiger partial charge < -0.3 is 5.32 Å². The number of nitro benzene ring substituents is 1. The molecule has 0 saturated carbocycles. The monoisotopic (exact) mass is 417 g/mol. The quantitative estimate of drug-likeness (QED) is 0.408. The lowest BCUT2D eigenvalue weighted by Gasteiger charge is -2.21. The van der Waals surface area contributed by atoms with Gasteiger partial charge in [-0.25, -0.2) is 13.1 Å². The Morgan fingerprint density at radius 3 is 2.48 bits per heavy atom. The number of amides is 1. The van der Waals surface area contributed by atoms with Gasteiger partial charge in [0.25, 0.3) is 5.69 Å². The third-order valence-corrected chi connectivity index (χ3v) is 5.52. The van der Waals surface area contributed by atoms with Crippen LogP contribution in [0.5, 0.6) is 0 Å². The van der Waals surface area contributed by atoms with Crippen molar-refractivity contribution >= 4 is 27.7 Å². The molecule has 0 fully saturated rings. The van der Waals surface area contributed by atoms with Crippen molar-refractivity contribution in [2.45, 2.75) is 37.8 Å². The van der Waals surface area contributed by atoms with Gasteiger partial charge in [0.2, 0.25) is 15.9 Å². The molecule has 2 N–H and O–H groups in total. The number of non-ortho nitro benzene ring substituents is 1. The summed E-state index contributed by atoms with van der Waals surface area (Å²) in [4.78, 5) is 22.5. The van der Waals surface area contributed by atoms with Crippen LogP contribution >= 0.6 is 0 Å². The Bertz CT molecular complexity index is 1040. The lowest BCUT2D eigenvalue weighted by atomic mass is 10.1. The maximum absolute atomic E-state index is 12.6. The van der Waals surface area contributed by atoms with Gasteiger partial charge in [0.05, 0.1) is 9.82 Å². The molecule has 0 aromatic heterocycles. The molecule has 1 amide bonds. The van der Waals surface area contributed by atoms with Crippen LogP contribution in [0.4, 0.5) is 5.69 Å². The first kappa shape index (κ1) is 22.3. The number of carbonyl (C=O) groups excluding carboxylic acids is 1. The number of sulfonamides is 1. The van der Waals surface area contributed by atoms with E-state index in [0.717, 1.165) is 0 Å². The van der Waals surface area contributed by atoms with Crippen LogP contribution in [0.2, 0.25) is 0 Å². The Morgan fingerprint density at radius 2 is 1.83 bits per heavy atom. The minimum Gasteiger partial charge on any atom is -0.348 e. The molecule has 0 atom stereocenters. The molecule has 2 aromatic carbocycles. The van der Waals surface area contributed by atoms with Gasteiger partial charge in [-0.05, 0) is 44.0 Å². The molecule has 0 saturated heterocycles. The molecule has 0 unspecified atom stereocenters. The zero-order valence-corrected chi connectivity index (χ0v) is 17.2. The molecule has 2 rings (SSSR count). The molecule has 2 aromatic rings. The molecule has 29 heavy (non-hydrogen) atoms. The molecule has 0 aliphatic rings. The summed E-state index contributed by atoms with van der Waals surface area (Å²) in [7, 11) is -3.75.